The van der Waals surface area contributed by atoms with E-state index in [-0.39, 0.29) is 18.1 Å². The quantitative estimate of drug-likeness (QED) is 0.0622. The zero-order chi connectivity index (χ0) is 32.4. The van der Waals surface area contributed by atoms with Crippen molar-refractivity contribution in [1.29, 1.82) is 0 Å². The van der Waals surface area contributed by atoms with Gasteiger partial charge in [0.1, 0.15) is 11.3 Å². The third kappa shape index (κ3) is 9.79. The van der Waals surface area contributed by atoms with Crippen LogP contribution in [0, 0.1) is 5.41 Å². The van der Waals surface area contributed by atoms with E-state index in [1.165, 1.54) is 0 Å². The van der Waals surface area contributed by atoms with Gasteiger partial charge in [0.25, 0.3) is 0 Å². The SMILES string of the molecule is C=C(C)C(=O)OCCCCc1cc(CCCCOC(=O)C(C)(C)C)cc2cc(-c3ccc(OC(=O)C(=C)C)cc3)c(=O)oc12. The second kappa shape index (κ2) is 15.3. The van der Waals surface area contributed by atoms with E-state index in [1.54, 1.807) is 38.1 Å². The number of fused-ring (bicyclic) bond motifs is 1. The Kier molecular flexibility index (Phi) is 11.9. The monoisotopic (exact) mass is 602 g/mol. The highest BCUT2D eigenvalue weighted by Gasteiger charge is 2.22. The molecule has 0 saturated heterocycles. The van der Waals surface area contributed by atoms with Gasteiger partial charge in [-0.2, -0.15) is 0 Å². The summed E-state index contributed by atoms with van der Waals surface area (Å²) in [6.45, 7) is 16.5. The average Bonchev–Trinajstić information content (AvgIpc) is 2.96. The number of hydrogen-bond donors (Lipinski definition) is 0. The lowest BCUT2D eigenvalue weighted by Gasteiger charge is -2.16. The number of esters is 3. The maximum absolute atomic E-state index is 13.1. The molecular formula is C36H42O8. The number of ether oxygens (including phenoxy) is 3. The Balaban J connectivity index is 1.82. The molecule has 0 aliphatic rings. The molecule has 0 unspecified atom stereocenters. The van der Waals surface area contributed by atoms with Gasteiger partial charge in [0, 0.05) is 16.5 Å². The Labute approximate surface area is 258 Å². The third-order valence-electron chi connectivity index (χ3n) is 6.82. The van der Waals surface area contributed by atoms with Gasteiger partial charge in [0.15, 0.2) is 0 Å². The largest absolute Gasteiger partial charge is 0.465 e. The number of hydrogen-bond acceptors (Lipinski definition) is 8. The minimum Gasteiger partial charge on any atom is -0.465 e. The van der Waals surface area contributed by atoms with E-state index in [0.29, 0.717) is 47.5 Å². The van der Waals surface area contributed by atoms with Crippen molar-refractivity contribution in [2.75, 3.05) is 13.2 Å². The van der Waals surface area contributed by atoms with E-state index in [0.717, 1.165) is 42.2 Å². The van der Waals surface area contributed by atoms with E-state index in [2.05, 4.69) is 19.2 Å². The molecule has 0 aliphatic heterocycles. The molecular weight excluding hydrogens is 560 g/mol. The fourth-order valence-electron chi connectivity index (χ4n) is 4.32. The Morgan fingerprint density at radius 1 is 0.795 bits per heavy atom. The van der Waals surface area contributed by atoms with Crippen LogP contribution in [0.15, 0.2) is 76.0 Å². The Bertz CT molecular complexity index is 1590. The van der Waals surface area contributed by atoms with Crippen molar-refractivity contribution < 1.29 is 33.0 Å². The van der Waals surface area contributed by atoms with Crippen LogP contribution in [0.4, 0.5) is 0 Å². The van der Waals surface area contributed by atoms with Crippen LogP contribution in [0.1, 0.15) is 71.4 Å². The molecule has 234 valence electrons. The number of carbonyl (C=O) groups excluding carboxylic acids is 3. The first kappa shape index (κ1) is 34.0. The molecule has 0 fully saturated rings. The van der Waals surface area contributed by atoms with Crippen LogP contribution in [0.3, 0.4) is 0 Å². The van der Waals surface area contributed by atoms with Crippen LogP contribution in [-0.2, 0) is 36.7 Å². The van der Waals surface area contributed by atoms with Crippen LogP contribution >= 0.6 is 0 Å². The molecule has 0 atom stereocenters. The number of benzene rings is 2. The van der Waals surface area contributed by atoms with Gasteiger partial charge in [0.05, 0.1) is 24.2 Å². The number of rotatable bonds is 14. The molecule has 1 aromatic heterocycles. The van der Waals surface area contributed by atoms with Crippen molar-refractivity contribution in [2.45, 2.75) is 73.1 Å². The van der Waals surface area contributed by atoms with Crippen LogP contribution in [0.5, 0.6) is 5.75 Å². The van der Waals surface area contributed by atoms with E-state index in [1.807, 2.05) is 32.9 Å². The fraction of sp³-hybridized carbons (Fsp3) is 0.389. The van der Waals surface area contributed by atoms with Crippen LogP contribution in [0.2, 0.25) is 0 Å². The van der Waals surface area contributed by atoms with E-state index in [4.69, 9.17) is 18.6 Å². The summed E-state index contributed by atoms with van der Waals surface area (Å²) in [6, 6.07) is 12.5. The first-order valence-electron chi connectivity index (χ1n) is 14.8. The van der Waals surface area contributed by atoms with Gasteiger partial charge >= 0.3 is 23.5 Å². The molecule has 3 aromatic rings. The summed E-state index contributed by atoms with van der Waals surface area (Å²) in [4.78, 5) is 48.7. The zero-order valence-corrected chi connectivity index (χ0v) is 26.4. The van der Waals surface area contributed by atoms with Crippen molar-refractivity contribution in [3.63, 3.8) is 0 Å². The van der Waals surface area contributed by atoms with E-state index in [9.17, 15) is 19.2 Å². The lowest BCUT2D eigenvalue weighted by atomic mass is 9.97. The maximum Gasteiger partial charge on any atom is 0.344 e. The summed E-state index contributed by atoms with van der Waals surface area (Å²) >= 11 is 0. The van der Waals surface area contributed by atoms with Crippen molar-refractivity contribution in [1.82, 2.24) is 0 Å². The molecule has 0 radical (unpaired) electrons. The summed E-state index contributed by atoms with van der Waals surface area (Å²) in [6.07, 6.45) is 4.29. The molecule has 0 bridgehead atoms. The van der Waals surface area contributed by atoms with Gasteiger partial charge in [-0.3, -0.25) is 4.79 Å². The molecule has 0 amide bonds. The molecule has 0 N–H and O–H groups in total. The minimum absolute atomic E-state index is 0.219. The summed E-state index contributed by atoms with van der Waals surface area (Å²) < 4.78 is 21.8. The standard InChI is InChI=1S/C36H42O8/c1-23(2)32(37)41-18-11-9-13-27-20-25(12-8-10-19-42-35(40)36(5,6)7)21-28-22-30(34(39)44-31(27)28)26-14-16-29(17-15-26)43-33(38)24(3)4/h14-17,20-22H,1,3,8-13,18-19H2,2,4-7H3. The molecule has 2 aromatic carbocycles. The summed E-state index contributed by atoms with van der Waals surface area (Å²) in [5, 5.41) is 0.790. The molecule has 8 heteroatoms. The highest BCUT2D eigenvalue weighted by atomic mass is 16.5. The predicted octanol–water partition coefficient (Wildman–Crippen LogP) is 7.30. The molecule has 1 heterocycles. The number of aryl methyl sites for hydroxylation is 2. The summed E-state index contributed by atoms with van der Waals surface area (Å²) in [7, 11) is 0. The lowest BCUT2D eigenvalue weighted by molar-refractivity contribution is -0.153. The first-order valence-corrected chi connectivity index (χ1v) is 14.8. The molecule has 44 heavy (non-hydrogen) atoms. The average molecular weight is 603 g/mol. The zero-order valence-electron chi connectivity index (χ0n) is 26.4. The fourth-order valence-corrected chi connectivity index (χ4v) is 4.32. The van der Waals surface area contributed by atoms with E-state index < -0.39 is 23.0 Å². The summed E-state index contributed by atoms with van der Waals surface area (Å²) in [5.74, 6) is -0.807. The second-order valence-electron chi connectivity index (χ2n) is 12.0. The molecule has 3 rings (SSSR count). The van der Waals surface area contributed by atoms with Gasteiger partial charge in [-0.1, -0.05) is 31.4 Å². The highest BCUT2D eigenvalue weighted by Crippen LogP contribution is 2.28. The van der Waals surface area contributed by atoms with Crippen LogP contribution in [-0.4, -0.2) is 31.1 Å². The third-order valence-corrected chi connectivity index (χ3v) is 6.82. The smallest absolute Gasteiger partial charge is 0.344 e. The minimum atomic E-state index is -0.535. The number of unbranched alkanes of at least 4 members (excludes halogenated alkanes) is 2. The van der Waals surface area contributed by atoms with Crippen molar-refractivity contribution in [2.24, 2.45) is 5.41 Å². The lowest BCUT2D eigenvalue weighted by Crippen LogP contribution is -2.23. The second-order valence-corrected chi connectivity index (χ2v) is 12.0. The molecule has 0 aliphatic carbocycles. The Morgan fingerprint density at radius 2 is 1.41 bits per heavy atom. The van der Waals surface area contributed by atoms with Gasteiger partial charge < -0.3 is 18.6 Å². The highest BCUT2D eigenvalue weighted by molar-refractivity contribution is 5.89. The van der Waals surface area contributed by atoms with Gasteiger partial charge in [0.2, 0.25) is 0 Å². The van der Waals surface area contributed by atoms with Crippen molar-refractivity contribution in [3.05, 3.63) is 88.3 Å². The van der Waals surface area contributed by atoms with Crippen LogP contribution in [0.25, 0.3) is 22.1 Å². The van der Waals surface area contributed by atoms with Gasteiger partial charge in [-0.15, -0.1) is 0 Å². The predicted molar refractivity (Wildman–Crippen MR) is 170 cm³/mol. The topological polar surface area (TPSA) is 109 Å². The summed E-state index contributed by atoms with van der Waals surface area (Å²) in [5.41, 5.74) is 3.14. The van der Waals surface area contributed by atoms with Crippen LogP contribution < -0.4 is 10.4 Å². The molecule has 0 saturated carbocycles. The Morgan fingerprint density at radius 3 is 2.02 bits per heavy atom. The first-order chi connectivity index (χ1) is 20.8. The maximum atomic E-state index is 13.1. The Hall–Kier alpha value is -4.46. The van der Waals surface area contributed by atoms with Crippen molar-refractivity contribution >= 4 is 28.9 Å². The normalized spacial score (nSPS) is 11.2. The van der Waals surface area contributed by atoms with E-state index >= 15 is 0 Å². The van der Waals surface area contributed by atoms with Crippen molar-refractivity contribution in [3.8, 4) is 16.9 Å². The van der Waals surface area contributed by atoms with Gasteiger partial charge in [-0.25, -0.2) is 14.4 Å². The molecule has 8 nitrogen and oxygen atoms in total. The number of carbonyl (C=O) groups is 3. The van der Waals surface area contributed by atoms with Gasteiger partial charge in [-0.05, 0) is 114 Å². The molecule has 0 spiro atoms.